The van der Waals surface area contributed by atoms with E-state index in [0.29, 0.717) is 18.7 Å². The highest BCUT2D eigenvalue weighted by molar-refractivity contribution is 8.15. The van der Waals surface area contributed by atoms with E-state index in [1.807, 2.05) is 37.4 Å². The first-order chi connectivity index (χ1) is 18.4. The lowest BCUT2D eigenvalue weighted by atomic mass is 10.0. The van der Waals surface area contributed by atoms with Crippen LogP contribution in [0, 0.1) is 18.6 Å². The van der Waals surface area contributed by atoms with Gasteiger partial charge in [0.25, 0.3) is 5.82 Å². The SMILES string of the molecule is Cc1n(C(=O)N2N=C(c3cc(F)ccc3F)SC2(CCCNC(=O)OC(C)(C)C)c2ccccc2)cc[n+]1C. The van der Waals surface area contributed by atoms with Crippen molar-refractivity contribution in [3.63, 3.8) is 0 Å². The molecule has 0 spiro atoms. The number of halogens is 2. The fraction of sp³-hybridized carbons (Fsp3) is 0.357. The lowest BCUT2D eigenvalue weighted by molar-refractivity contribution is -0.676. The maximum absolute atomic E-state index is 14.9. The van der Waals surface area contributed by atoms with Crippen LogP contribution >= 0.6 is 11.8 Å². The van der Waals surface area contributed by atoms with E-state index in [4.69, 9.17) is 4.74 Å². The molecule has 4 rings (SSSR count). The Balaban J connectivity index is 1.73. The van der Waals surface area contributed by atoms with Gasteiger partial charge in [0.2, 0.25) is 0 Å². The minimum atomic E-state index is -1.10. The van der Waals surface area contributed by atoms with Crippen molar-refractivity contribution in [3.8, 4) is 0 Å². The molecule has 0 aliphatic carbocycles. The Labute approximate surface area is 230 Å². The van der Waals surface area contributed by atoms with E-state index in [2.05, 4.69) is 10.4 Å². The summed E-state index contributed by atoms with van der Waals surface area (Å²) >= 11 is 1.18. The minimum absolute atomic E-state index is 0.0303. The molecule has 1 N–H and O–H groups in total. The van der Waals surface area contributed by atoms with Crippen LogP contribution in [-0.4, -0.2) is 38.9 Å². The van der Waals surface area contributed by atoms with Crippen LogP contribution in [-0.2, 0) is 16.7 Å². The van der Waals surface area contributed by atoms with Crippen LogP contribution < -0.4 is 9.88 Å². The van der Waals surface area contributed by atoms with Crippen LogP contribution in [0.25, 0.3) is 0 Å². The Morgan fingerprint density at radius 2 is 1.87 bits per heavy atom. The van der Waals surface area contributed by atoms with E-state index in [-0.39, 0.29) is 17.2 Å². The molecule has 39 heavy (non-hydrogen) atoms. The predicted octanol–water partition coefficient (Wildman–Crippen LogP) is 5.44. The van der Waals surface area contributed by atoms with Gasteiger partial charge in [-0.15, -0.1) is 4.57 Å². The largest absolute Gasteiger partial charge is 0.444 e. The maximum atomic E-state index is 14.9. The fourth-order valence-electron chi connectivity index (χ4n) is 4.23. The molecule has 2 aromatic carbocycles. The third-order valence-electron chi connectivity index (χ3n) is 6.23. The van der Waals surface area contributed by atoms with Gasteiger partial charge in [-0.3, -0.25) is 0 Å². The molecule has 11 heteroatoms. The standard InChI is InChI=1S/C28H31F2N5O3S/c1-19-33(5)16-17-34(19)26(37)35-28(20-10-7-6-8-11-20,14-9-15-31-25(36)38-27(2,3)4)39-24(32-35)22-18-21(29)12-13-23(22)30/h6-8,10-13,16-18H,9,14-15H2,1-5H3/p+1. The third-order valence-corrected chi connectivity index (χ3v) is 7.67. The number of benzene rings is 2. The number of alkyl carbamates (subject to hydrolysis) is 1. The lowest BCUT2D eigenvalue weighted by Gasteiger charge is -2.34. The Bertz CT molecular complexity index is 1400. The zero-order chi connectivity index (χ0) is 28.4. The third kappa shape index (κ3) is 6.13. The Hall–Kier alpha value is -3.73. The summed E-state index contributed by atoms with van der Waals surface area (Å²) in [5.41, 5.74) is 0.0882. The van der Waals surface area contributed by atoms with Gasteiger partial charge >= 0.3 is 12.1 Å². The molecule has 0 radical (unpaired) electrons. The van der Waals surface area contributed by atoms with Crippen molar-refractivity contribution in [1.82, 2.24) is 14.9 Å². The number of carbonyl (C=O) groups is 2. The van der Waals surface area contributed by atoms with Crippen LogP contribution in [0.2, 0.25) is 0 Å². The molecule has 3 aromatic rings. The van der Waals surface area contributed by atoms with Crippen molar-refractivity contribution in [2.45, 2.75) is 51.0 Å². The number of rotatable bonds is 6. The van der Waals surface area contributed by atoms with Crippen LogP contribution in [0.5, 0.6) is 0 Å². The average Bonchev–Trinajstić information content (AvgIpc) is 3.43. The number of imidazole rings is 1. The normalized spacial score (nSPS) is 17.2. The second-order valence-electron chi connectivity index (χ2n) is 10.2. The number of aryl methyl sites for hydroxylation is 1. The van der Waals surface area contributed by atoms with E-state index in [0.717, 1.165) is 23.8 Å². The molecule has 1 atom stereocenters. The molecule has 2 heterocycles. The maximum Gasteiger partial charge on any atom is 0.438 e. The molecule has 206 valence electrons. The molecule has 1 unspecified atom stereocenters. The van der Waals surface area contributed by atoms with Crippen LogP contribution in [0.3, 0.4) is 0 Å². The summed E-state index contributed by atoms with van der Waals surface area (Å²) in [6.07, 6.45) is 3.63. The van der Waals surface area contributed by atoms with Crippen LogP contribution in [0.4, 0.5) is 18.4 Å². The number of ether oxygens (including phenoxy) is 1. The molecular formula is C28H32F2N5O3S+. The van der Waals surface area contributed by atoms with E-state index < -0.39 is 34.2 Å². The van der Waals surface area contributed by atoms with Crippen molar-refractivity contribution in [1.29, 1.82) is 0 Å². The monoisotopic (exact) mass is 556 g/mol. The number of hydrogen-bond acceptors (Lipinski definition) is 5. The molecule has 0 fully saturated rings. The van der Waals surface area contributed by atoms with Gasteiger partial charge in [-0.1, -0.05) is 42.1 Å². The number of nitrogens with zero attached hydrogens (tertiary/aromatic N) is 4. The van der Waals surface area contributed by atoms with E-state index >= 15 is 0 Å². The molecule has 1 aromatic heterocycles. The molecule has 0 saturated heterocycles. The number of thioether (sulfide) groups is 1. The highest BCUT2D eigenvalue weighted by Gasteiger charge is 2.51. The van der Waals surface area contributed by atoms with Gasteiger partial charge in [-0.2, -0.15) is 10.1 Å². The molecule has 2 amide bonds. The number of aromatic nitrogens is 2. The number of hydrogen-bond donors (Lipinski definition) is 1. The molecule has 0 saturated carbocycles. The summed E-state index contributed by atoms with van der Waals surface area (Å²) in [4.78, 5) is 25.1. The number of hydrazone groups is 1. The first-order valence-electron chi connectivity index (χ1n) is 12.5. The van der Waals surface area contributed by atoms with Crippen molar-refractivity contribution in [2.24, 2.45) is 12.1 Å². The molecule has 8 nitrogen and oxygen atoms in total. The number of nitrogens with one attached hydrogen (secondary N) is 1. The van der Waals surface area contributed by atoms with E-state index in [1.54, 1.807) is 44.7 Å². The van der Waals surface area contributed by atoms with Crippen molar-refractivity contribution < 1.29 is 27.7 Å². The average molecular weight is 557 g/mol. The predicted molar refractivity (Wildman–Crippen MR) is 145 cm³/mol. The Kier molecular flexibility index (Phi) is 8.10. The summed E-state index contributed by atoms with van der Waals surface area (Å²) < 4.78 is 37.6. The quantitative estimate of drug-likeness (QED) is 0.324. The fourth-order valence-corrected chi connectivity index (χ4v) is 5.65. The van der Waals surface area contributed by atoms with E-state index in [1.165, 1.54) is 21.3 Å². The minimum Gasteiger partial charge on any atom is -0.444 e. The first kappa shape index (κ1) is 28.3. The highest BCUT2D eigenvalue weighted by atomic mass is 32.2. The van der Waals surface area contributed by atoms with E-state index in [9.17, 15) is 18.4 Å². The zero-order valence-electron chi connectivity index (χ0n) is 22.6. The molecule has 1 aliphatic heterocycles. The van der Waals surface area contributed by atoms with Gasteiger partial charge in [-0.25, -0.2) is 22.9 Å². The van der Waals surface area contributed by atoms with Gasteiger partial charge in [0.15, 0.2) is 0 Å². The summed E-state index contributed by atoms with van der Waals surface area (Å²) in [6, 6.07) is 12.0. The highest BCUT2D eigenvalue weighted by Crippen LogP contribution is 2.50. The smallest absolute Gasteiger partial charge is 0.438 e. The van der Waals surface area contributed by atoms with Gasteiger partial charge in [-0.05, 0) is 57.4 Å². The number of amides is 2. The Morgan fingerprint density at radius 3 is 2.51 bits per heavy atom. The van der Waals surface area contributed by atoms with Crippen LogP contribution in [0.15, 0.2) is 66.0 Å². The van der Waals surface area contributed by atoms with Gasteiger partial charge < -0.3 is 10.1 Å². The number of carbonyl (C=O) groups excluding carboxylic acids is 2. The van der Waals surface area contributed by atoms with Gasteiger partial charge in [0.05, 0.1) is 7.05 Å². The zero-order valence-corrected chi connectivity index (χ0v) is 23.4. The lowest BCUT2D eigenvalue weighted by Crippen LogP contribution is -2.45. The molecule has 0 bridgehead atoms. The topological polar surface area (TPSA) is 79.8 Å². The summed E-state index contributed by atoms with van der Waals surface area (Å²) in [5, 5.41) is 8.86. The molecular weight excluding hydrogens is 524 g/mol. The second-order valence-corrected chi connectivity index (χ2v) is 11.5. The van der Waals surface area contributed by atoms with Crippen molar-refractivity contribution in [2.75, 3.05) is 6.54 Å². The van der Waals surface area contributed by atoms with Crippen LogP contribution in [0.1, 0.15) is 50.6 Å². The summed E-state index contributed by atoms with van der Waals surface area (Å²) in [5.74, 6) is -0.590. The summed E-state index contributed by atoms with van der Waals surface area (Å²) in [6.45, 7) is 7.41. The summed E-state index contributed by atoms with van der Waals surface area (Å²) in [7, 11) is 1.82. The first-order valence-corrected chi connectivity index (χ1v) is 13.4. The molecule has 1 aliphatic rings. The second kappa shape index (κ2) is 11.2. The van der Waals surface area contributed by atoms with Gasteiger partial charge in [0, 0.05) is 19.0 Å². The van der Waals surface area contributed by atoms with Gasteiger partial charge in [0.1, 0.15) is 39.5 Å². The van der Waals surface area contributed by atoms with Crippen molar-refractivity contribution in [3.05, 3.63) is 89.5 Å². The van der Waals surface area contributed by atoms with Crippen molar-refractivity contribution >= 4 is 28.9 Å². The Morgan fingerprint density at radius 1 is 1.15 bits per heavy atom.